The second-order valence-corrected chi connectivity index (χ2v) is 2.41. The molecule has 0 spiro atoms. The molecule has 9 heavy (non-hydrogen) atoms. The lowest BCUT2D eigenvalue weighted by Crippen LogP contribution is -2.00. The Labute approximate surface area is 52.7 Å². The highest BCUT2D eigenvalue weighted by Crippen LogP contribution is 2.32. The summed E-state index contributed by atoms with van der Waals surface area (Å²) in [4.78, 5) is 14.2. The second-order valence-electron chi connectivity index (χ2n) is 2.41. The predicted molar refractivity (Wildman–Crippen MR) is 31.1 cm³/mol. The zero-order valence-corrected chi connectivity index (χ0v) is 4.96. The van der Waals surface area contributed by atoms with Gasteiger partial charge in [0.2, 0.25) is 0 Å². The van der Waals surface area contributed by atoms with Crippen LogP contribution in [0.25, 0.3) is 0 Å². The number of carbonyl (C=O) groups excluding carboxylic acids is 1. The topological polar surface area (TPSA) is 38.7 Å². The van der Waals surface area contributed by atoms with Crippen molar-refractivity contribution in [2.24, 2.45) is 10.9 Å². The third kappa shape index (κ3) is 0.823. The van der Waals surface area contributed by atoms with Gasteiger partial charge in [0, 0.05) is 5.92 Å². The van der Waals surface area contributed by atoms with Gasteiger partial charge < -0.3 is 4.74 Å². The van der Waals surface area contributed by atoms with Crippen molar-refractivity contribution in [1.29, 1.82) is 0 Å². The van der Waals surface area contributed by atoms with Gasteiger partial charge in [-0.25, -0.2) is 0 Å². The van der Waals surface area contributed by atoms with Crippen LogP contribution in [0.2, 0.25) is 0 Å². The number of aliphatic imine (C=N–C) groups is 1. The van der Waals surface area contributed by atoms with Gasteiger partial charge in [-0.3, -0.25) is 4.79 Å². The number of ether oxygens (including phenoxy) is 1. The first-order valence-electron chi connectivity index (χ1n) is 3.10. The summed E-state index contributed by atoms with van der Waals surface area (Å²) in [7, 11) is 0. The van der Waals surface area contributed by atoms with E-state index in [1.807, 2.05) is 0 Å². The third-order valence-electron chi connectivity index (χ3n) is 1.51. The van der Waals surface area contributed by atoms with E-state index < -0.39 is 0 Å². The molecule has 1 heterocycles. The number of amides is 1. The van der Waals surface area contributed by atoms with E-state index in [1.54, 1.807) is 0 Å². The largest absolute Gasteiger partial charge is 0.470 e. The van der Waals surface area contributed by atoms with Crippen LogP contribution in [0, 0.1) is 5.92 Å². The fourth-order valence-corrected chi connectivity index (χ4v) is 0.863. The summed E-state index contributed by atoms with van der Waals surface area (Å²) in [5.74, 6) is 1.04. The summed E-state index contributed by atoms with van der Waals surface area (Å²) in [6.45, 7) is 0.172. The van der Waals surface area contributed by atoms with Crippen molar-refractivity contribution in [3.8, 4) is 0 Å². The molecule has 1 amide bonds. The number of carbonyl (C=O) groups is 1. The fraction of sp³-hybridized carbons (Fsp3) is 0.667. The molecule has 0 saturated heterocycles. The molecule has 0 atom stereocenters. The van der Waals surface area contributed by atoms with E-state index in [1.165, 1.54) is 0 Å². The smallest absolute Gasteiger partial charge is 0.286 e. The highest BCUT2D eigenvalue weighted by molar-refractivity contribution is 5.99. The highest BCUT2D eigenvalue weighted by Gasteiger charge is 2.32. The van der Waals surface area contributed by atoms with E-state index >= 15 is 0 Å². The van der Waals surface area contributed by atoms with Crippen LogP contribution in [0.3, 0.4) is 0 Å². The molecule has 1 saturated carbocycles. The van der Waals surface area contributed by atoms with Crippen molar-refractivity contribution in [1.82, 2.24) is 0 Å². The molecule has 0 aromatic carbocycles. The minimum Gasteiger partial charge on any atom is -0.470 e. The van der Waals surface area contributed by atoms with Gasteiger partial charge in [0.05, 0.1) is 0 Å². The Hall–Kier alpha value is -0.860. The second kappa shape index (κ2) is 1.56. The van der Waals surface area contributed by atoms with Crippen LogP contribution in [0.15, 0.2) is 4.99 Å². The van der Waals surface area contributed by atoms with Gasteiger partial charge in [-0.1, -0.05) is 0 Å². The molecule has 2 rings (SSSR count). The van der Waals surface area contributed by atoms with E-state index in [0.717, 1.165) is 12.8 Å². The minimum absolute atomic E-state index is 0.128. The molecule has 0 unspecified atom stereocenters. The van der Waals surface area contributed by atoms with Gasteiger partial charge in [-0.15, -0.1) is 0 Å². The summed E-state index contributed by atoms with van der Waals surface area (Å²) in [6.07, 6.45) is 2.29. The summed E-state index contributed by atoms with van der Waals surface area (Å²) in [5, 5.41) is 0. The average molecular weight is 125 g/mol. The molecule has 1 fully saturated rings. The van der Waals surface area contributed by atoms with E-state index in [9.17, 15) is 4.79 Å². The lowest BCUT2D eigenvalue weighted by Gasteiger charge is -1.92. The molecule has 0 bridgehead atoms. The third-order valence-corrected chi connectivity index (χ3v) is 1.51. The van der Waals surface area contributed by atoms with Crippen molar-refractivity contribution in [2.45, 2.75) is 12.8 Å². The van der Waals surface area contributed by atoms with Gasteiger partial charge in [-0.2, -0.15) is 4.99 Å². The zero-order valence-electron chi connectivity index (χ0n) is 4.96. The quantitative estimate of drug-likeness (QED) is 0.507. The SMILES string of the molecule is O=C1COC(C2CC2)=N1. The lowest BCUT2D eigenvalue weighted by atomic mass is 10.4. The summed E-state index contributed by atoms with van der Waals surface area (Å²) < 4.78 is 4.99. The molecule has 0 radical (unpaired) electrons. The van der Waals surface area contributed by atoms with Crippen LogP contribution < -0.4 is 0 Å². The van der Waals surface area contributed by atoms with Crippen molar-refractivity contribution >= 4 is 11.8 Å². The van der Waals surface area contributed by atoms with Crippen LogP contribution in [0.1, 0.15) is 12.8 Å². The van der Waals surface area contributed by atoms with Gasteiger partial charge in [0.15, 0.2) is 12.5 Å². The summed E-state index contributed by atoms with van der Waals surface area (Å²) in [5.41, 5.74) is 0. The number of hydrogen-bond acceptors (Lipinski definition) is 2. The van der Waals surface area contributed by atoms with Crippen LogP contribution >= 0.6 is 0 Å². The minimum atomic E-state index is -0.128. The Bertz CT molecular complexity index is 181. The molecule has 0 aromatic rings. The molecule has 3 nitrogen and oxygen atoms in total. The Morgan fingerprint density at radius 2 is 2.33 bits per heavy atom. The first-order valence-corrected chi connectivity index (χ1v) is 3.10. The number of nitrogens with zero attached hydrogens (tertiary/aromatic N) is 1. The van der Waals surface area contributed by atoms with Crippen LogP contribution in [-0.2, 0) is 9.53 Å². The molecule has 0 N–H and O–H groups in total. The van der Waals surface area contributed by atoms with Crippen molar-refractivity contribution in [2.75, 3.05) is 6.61 Å². The summed E-state index contributed by atoms with van der Waals surface area (Å²) >= 11 is 0. The Balaban J connectivity index is 2.11. The van der Waals surface area contributed by atoms with Crippen LogP contribution in [0.4, 0.5) is 0 Å². The molecular formula is C6H7NO2. The van der Waals surface area contributed by atoms with E-state index in [4.69, 9.17) is 4.74 Å². The Kier molecular flexibility index (Phi) is 0.860. The maximum absolute atomic E-state index is 10.5. The molecule has 1 aliphatic carbocycles. The van der Waals surface area contributed by atoms with Crippen molar-refractivity contribution in [3.05, 3.63) is 0 Å². The average Bonchev–Trinajstić information content (AvgIpc) is 2.58. The van der Waals surface area contributed by atoms with Crippen molar-refractivity contribution in [3.63, 3.8) is 0 Å². The summed E-state index contributed by atoms with van der Waals surface area (Å²) in [6, 6.07) is 0. The van der Waals surface area contributed by atoms with Gasteiger partial charge >= 0.3 is 0 Å². The normalized spacial score (nSPS) is 25.8. The van der Waals surface area contributed by atoms with Gasteiger partial charge in [0.25, 0.3) is 5.91 Å². The standard InChI is InChI=1S/C6H7NO2/c8-5-3-9-6(7-5)4-1-2-4/h4H,1-3H2. The highest BCUT2D eigenvalue weighted by atomic mass is 16.5. The molecule has 3 heteroatoms. The number of hydrogen-bond donors (Lipinski definition) is 0. The Morgan fingerprint density at radius 3 is 2.78 bits per heavy atom. The molecule has 1 aliphatic heterocycles. The van der Waals surface area contributed by atoms with Gasteiger partial charge in [-0.05, 0) is 12.8 Å². The monoisotopic (exact) mass is 125 g/mol. The fourth-order valence-electron chi connectivity index (χ4n) is 0.863. The molecular weight excluding hydrogens is 118 g/mol. The van der Waals surface area contributed by atoms with E-state index in [0.29, 0.717) is 11.8 Å². The molecule has 0 aromatic heterocycles. The first kappa shape index (κ1) is 4.97. The lowest BCUT2D eigenvalue weighted by molar-refractivity contribution is -0.118. The molecule has 2 aliphatic rings. The van der Waals surface area contributed by atoms with Gasteiger partial charge in [0.1, 0.15) is 0 Å². The Morgan fingerprint density at radius 1 is 1.56 bits per heavy atom. The van der Waals surface area contributed by atoms with Crippen LogP contribution in [0.5, 0.6) is 0 Å². The molecule has 48 valence electrons. The van der Waals surface area contributed by atoms with E-state index in [-0.39, 0.29) is 12.5 Å². The maximum Gasteiger partial charge on any atom is 0.286 e. The maximum atomic E-state index is 10.5. The van der Waals surface area contributed by atoms with E-state index in [2.05, 4.69) is 4.99 Å². The number of rotatable bonds is 1. The zero-order chi connectivity index (χ0) is 6.27. The first-order chi connectivity index (χ1) is 4.36. The van der Waals surface area contributed by atoms with Crippen LogP contribution in [-0.4, -0.2) is 18.4 Å². The van der Waals surface area contributed by atoms with Crippen molar-refractivity contribution < 1.29 is 9.53 Å². The predicted octanol–water partition coefficient (Wildman–Crippen LogP) is 0.352.